The van der Waals surface area contributed by atoms with E-state index in [1.165, 1.54) is 0 Å². The Hall–Kier alpha value is -2.03. The molecule has 1 aromatic heterocycles. The van der Waals surface area contributed by atoms with Crippen molar-refractivity contribution in [2.45, 2.75) is 0 Å². The van der Waals surface area contributed by atoms with E-state index >= 15 is 0 Å². The summed E-state index contributed by atoms with van der Waals surface area (Å²) in [4.78, 5) is 12.4. The van der Waals surface area contributed by atoms with Crippen molar-refractivity contribution in [3.63, 3.8) is 0 Å². The molecule has 2 aliphatic heterocycles. The third kappa shape index (κ3) is 0.956. The Morgan fingerprint density at radius 3 is 2.71 bits per heavy atom. The first-order valence-corrected chi connectivity index (χ1v) is 4.37. The average molecular weight is 181 g/mol. The largest absolute Gasteiger partial charge is 0.265 e. The average Bonchev–Trinajstić information content (AvgIpc) is 2.79. The van der Waals surface area contributed by atoms with E-state index in [2.05, 4.69) is 15.0 Å². The van der Waals surface area contributed by atoms with Crippen molar-refractivity contribution in [1.29, 1.82) is 0 Å². The highest BCUT2D eigenvalue weighted by Crippen LogP contribution is 2.25. The van der Waals surface area contributed by atoms with E-state index in [0.717, 1.165) is 22.4 Å². The normalized spacial score (nSPS) is 17.6. The third-order valence-electron chi connectivity index (χ3n) is 2.27. The van der Waals surface area contributed by atoms with Gasteiger partial charge in [-0.25, -0.2) is 0 Å². The van der Waals surface area contributed by atoms with Crippen LogP contribution in [-0.2, 0) is 0 Å². The van der Waals surface area contributed by atoms with Gasteiger partial charge in [-0.3, -0.25) is 15.0 Å². The zero-order chi connectivity index (χ0) is 9.38. The Kier molecular flexibility index (Phi) is 1.44. The van der Waals surface area contributed by atoms with Gasteiger partial charge in [-0.1, -0.05) is 0 Å². The molecule has 0 radical (unpaired) electrons. The molecule has 0 unspecified atom stereocenters. The molecule has 0 bridgehead atoms. The molecule has 0 saturated carbocycles. The Bertz CT molecular complexity index is 493. The first-order chi connectivity index (χ1) is 6.95. The number of aromatic nitrogens is 1. The van der Waals surface area contributed by atoms with Gasteiger partial charge in [0, 0.05) is 47.7 Å². The third-order valence-corrected chi connectivity index (χ3v) is 2.27. The summed E-state index contributed by atoms with van der Waals surface area (Å²) in [6, 6.07) is 3.91. The molecule has 0 atom stereocenters. The Morgan fingerprint density at radius 2 is 1.86 bits per heavy atom. The van der Waals surface area contributed by atoms with Crippen molar-refractivity contribution in [1.82, 2.24) is 4.98 Å². The number of hydrogen-bond donors (Lipinski definition) is 0. The first-order valence-electron chi connectivity index (χ1n) is 4.37. The summed E-state index contributed by atoms with van der Waals surface area (Å²) < 4.78 is 0. The summed E-state index contributed by atoms with van der Waals surface area (Å²) in [6.45, 7) is 0. The standard InChI is InChI=1S/C11H7N3/c1-3-12-4-2-8(1)11-10-7-13-5-9(10)6-14-11/h1-7H. The number of aliphatic imine (C=N–C) groups is 2. The lowest BCUT2D eigenvalue weighted by Crippen LogP contribution is -2.01. The van der Waals surface area contributed by atoms with Gasteiger partial charge in [0.25, 0.3) is 0 Å². The van der Waals surface area contributed by atoms with Crippen molar-refractivity contribution < 1.29 is 0 Å². The fourth-order valence-corrected chi connectivity index (χ4v) is 1.58. The number of rotatable bonds is 1. The minimum Gasteiger partial charge on any atom is -0.265 e. The summed E-state index contributed by atoms with van der Waals surface area (Å²) >= 11 is 0. The van der Waals surface area contributed by atoms with Gasteiger partial charge in [0.05, 0.1) is 5.71 Å². The quantitative estimate of drug-likeness (QED) is 0.650. The Labute approximate surface area is 81.2 Å². The van der Waals surface area contributed by atoms with Crippen LogP contribution in [0.1, 0.15) is 5.56 Å². The molecule has 1 aromatic rings. The van der Waals surface area contributed by atoms with Crippen LogP contribution < -0.4 is 0 Å². The van der Waals surface area contributed by atoms with Gasteiger partial charge in [-0.2, -0.15) is 0 Å². The SMILES string of the molecule is C1=NC=C2C1=CN=C2c1ccncc1. The van der Waals surface area contributed by atoms with Gasteiger partial charge in [-0.05, 0) is 12.1 Å². The molecule has 0 fully saturated rings. The predicted octanol–water partition coefficient (Wildman–Crippen LogP) is 1.74. The second-order valence-electron chi connectivity index (χ2n) is 3.12. The van der Waals surface area contributed by atoms with Crippen LogP contribution >= 0.6 is 0 Å². The van der Waals surface area contributed by atoms with Crippen molar-refractivity contribution >= 4 is 11.9 Å². The molecule has 0 aliphatic carbocycles. The van der Waals surface area contributed by atoms with Crippen LogP contribution in [-0.4, -0.2) is 16.9 Å². The molecule has 14 heavy (non-hydrogen) atoms. The van der Waals surface area contributed by atoms with Crippen LogP contribution in [0.25, 0.3) is 0 Å². The summed E-state index contributed by atoms with van der Waals surface area (Å²) in [6.07, 6.45) is 9.06. The van der Waals surface area contributed by atoms with Crippen LogP contribution in [0, 0.1) is 0 Å². The molecule has 3 heterocycles. The zero-order valence-corrected chi connectivity index (χ0v) is 7.38. The smallest absolute Gasteiger partial charge is 0.0798 e. The molecule has 3 heteroatoms. The van der Waals surface area contributed by atoms with Crippen molar-refractivity contribution in [3.05, 3.63) is 53.6 Å². The lowest BCUT2D eigenvalue weighted by atomic mass is 10.0. The maximum atomic E-state index is 4.36. The Balaban J connectivity index is 2.05. The maximum Gasteiger partial charge on any atom is 0.0798 e. The van der Waals surface area contributed by atoms with Crippen LogP contribution in [0.2, 0.25) is 0 Å². The number of hydrogen-bond acceptors (Lipinski definition) is 3. The highest BCUT2D eigenvalue weighted by atomic mass is 14.8. The second kappa shape index (κ2) is 2.73. The van der Waals surface area contributed by atoms with Crippen LogP contribution in [0.15, 0.2) is 58.1 Å². The van der Waals surface area contributed by atoms with Gasteiger partial charge < -0.3 is 0 Å². The van der Waals surface area contributed by atoms with E-state index in [0.29, 0.717) is 0 Å². The van der Waals surface area contributed by atoms with E-state index < -0.39 is 0 Å². The van der Waals surface area contributed by atoms with E-state index in [9.17, 15) is 0 Å². The molecule has 0 aromatic carbocycles. The van der Waals surface area contributed by atoms with Gasteiger partial charge in [0.1, 0.15) is 0 Å². The summed E-state index contributed by atoms with van der Waals surface area (Å²) in [5.41, 5.74) is 4.27. The molecule has 0 spiro atoms. The van der Waals surface area contributed by atoms with E-state index in [1.54, 1.807) is 12.4 Å². The fourth-order valence-electron chi connectivity index (χ4n) is 1.58. The maximum absolute atomic E-state index is 4.36. The molecular formula is C11H7N3. The van der Waals surface area contributed by atoms with Gasteiger partial charge in [0.15, 0.2) is 0 Å². The minimum atomic E-state index is 0.986. The molecule has 3 rings (SSSR count). The van der Waals surface area contributed by atoms with E-state index in [4.69, 9.17) is 0 Å². The topological polar surface area (TPSA) is 37.6 Å². The van der Waals surface area contributed by atoms with Gasteiger partial charge in [-0.15, -0.1) is 0 Å². The van der Waals surface area contributed by atoms with E-state index in [-0.39, 0.29) is 0 Å². The lowest BCUT2D eigenvalue weighted by Gasteiger charge is -2.01. The monoisotopic (exact) mass is 181 g/mol. The van der Waals surface area contributed by atoms with Crippen molar-refractivity contribution in [2.24, 2.45) is 9.98 Å². The molecular weight excluding hydrogens is 174 g/mol. The molecule has 0 amide bonds. The van der Waals surface area contributed by atoms with Crippen LogP contribution in [0.3, 0.4) is 0 Å². The number of allylic oxidation sites excluding steroid dienone is 2. The second-order valence-corrected chi connectivity index (χ2v) is 3.12. The van der Waals surface area contributed by atoms with Crippen LogP contribution in [0.4, 0.5) is 0 Å². The van der Waals surface area contributed by atoms with Crippen LogP contribution in [0.5, 0.6) is 0 Å². The first kappa shape index (κ1) is 7.38. The van der Waals surface area contributed by atoms with Crippen molar-refractivity contribution in [3.8, 4) is 0 Å². The van der Waals surface area contributed by atoms with E-state index in [1.807, 2.05) is 30.7 Å². The molecule has 2 aliphatic rings. The summed E-state index contributed by atoms with van der Waals surface area (Å²) in [5.74, 6) is 0. The summed E-state index contributed by atoms with van der Waals surface area (Å²) in [5, 5.41) is 0. The molecule has 66 valence electrons. The number of fused-ring (bicyclic) bond motifs is 1. The predicted molar refractivity (Wildman–Crippen MR) is 55.4 cm³/mol. The molecule has 0 N–H and O–H groups in total. The van der Waals surface area contributed by atoms with Gasteiger partial charge >= 0.3 is 0 Å². The Morgan fingerprint density at radius 1 is 1.00 bits per heavy atom. The zero-order valence-electron chi connectivity index (χ0n) is 7.38. The van der Waals surface area contributed by atoms with Crippen molar-refractivity contribution in [2.75, 3.05) is 0 Å². The number of pyridine rings is 1. The minimum absolute atomic E-state index is 0.986. The molecule has 0 saturated heterocycles. The highest BCUT2D eigenvalue weighted by molar-refractivity contribution is 6.22. The lowest BCUT2D eigenvalue weighted by molar-refractivity contribution is 1.32. The summed E-state index contributed by atoms with van der Waals surface area (Å²) in [7, 11) is 0. The highest BCUT2D eigenvalue weighted by Gasteiger charge is 2.20. The molecule has 3 nitrogen and oxygen atoms in total. The number of nitrogens with zero attached hydrogens (tertiary/aromatic N) is 3. The van der Waals surface area contributed by atoms with Gasteiger partial charge in [0.2, 0.25) is 0 Å². The fraction of sp³-hybridized carbons (Fsp3) is 0.